The van der Waals surface area contributed by atoms with Crippen molar-refractivity contribution in [1.82, 2.24) is 15.3 Å². The van der Waals surface area contributed by atoms with Crippen LogP contribution in [-0.2, 0) is 0 Å². The third kappa shape index (κ3) is 2.96. The molecule has 1 atom stereocenters. The number of benzene rings is 1. The van der Waals surface area contributed by atoms with E-state index in [-0.39, 0.29) is 11.9 Å². The molecule has 2 heterocycles. The van der Waals surface area contributed by atoms with Gasteiger partial charge in [-0.1, -0.05) is 13.0 Å². The van der Waals surface area contributed by atoms with Crippen molar-refractivity contribution >= 4 is 16.8 Å². The second-order valence-electron chi connectivity index (χ2n) is 5.13. The molecule has 0 saturated carbocycles. The fourth-order valence-electron chi connectivity index (χ4n) is 2.48. The Morgan fingerprint density at radius 2 is 1.95 bits per heavy atom. The smallest absolute Gasteiger partial charge is 0.251 e. The first-order valence-corrected chi connectivity index (χ1v) is 7.33. The van der Waals surface area contributed by atoms with Crippen LogP contribution < -0.4 is 5.32 Å². The molecule has 0 saturated heterocycles. The number of rotatable bonds is 4. The predicted molar refractivity (Wildman–Crippen MR) is 86.5 cm³/mol. The lowest BCUT2D eigenvalue weighted by molar-refractivity contribution is 0.0935. The Morgan fingerprint density at radius 1 is 1.14 bits per heavy atom. The molecule has 0 aliphatic heterocycles. The highest BCUT2D eigenvalue weighted by atomic mass is 16.1. The molecule has 1 aromatic carbocycles. The van der Waals surface area contributed by atoms with E-state index in [4.69, 9.17) is 0 Å². The lowest BCUT2D eigenvalue weighted by atomic mass is 10.0. The quantitative estimate of drug-likeness (QED) is 0.800. The summed E-state index contributed by atoms with van der Waals surface area (Å²) in [5.74, 6) is -0.0746. The minimum atomic E-state index is -0.0746. The van der Waals surface area contributed by atoms with Crippen LogP contribution in [0.3, 0.4) is 0 Å². The summed E-state index contributed by atoms with van der Waals surface area (Å²) < 4.78 is 0. The van der Waals surface area contributed by atoms with Gasteiger partial charge in [0.25, 0.3) is 5.91 Å². The maximum atomic E-state index is 12.5. The number of pyridine rings is 2. The first-order valence-electron chi connectivity index (χ1n) is 7.33. The number of nitrogens with zero attached hydrogens (tertiary/aromatic N) is 2. The number of nitrogens with one attached hydrogen (secondary N) is 1. The summed E-state index contributed by atoms with van der Waals surface area (Å²) in [6.07, 6.45) is 6.06. The van der Waals surface area contributed by atoms with E-state index in [2.05, 4.69) is 22.2 Å². The van der Waals surface area contributed by atoms with Crippen molar-refractivity contribution in [3.05, 3.63) is 72.2 Å². The Morgan fingerprint density at radius 3 is 2.73 bits per heavy atom. The molecule has 3 rings (SSSR count). The Bertz CT molecular complexity index is 786. The number of carbonyl (C=O) groups is 1. The van der Waals surface area contributed by atoms with E-state index in [0.29, 0.717) is 5.56 Å². The molecule has 0 fully saturated rings. The average molecular weight is 291 g/mol. The average Bonchev–Trinajstić information content (AvgIpc) is 2.59. The normalized spacial score (nSPS) is 12.0. The third-order valence-corrected chi connectivity index (χ3v) is 3.69. The lowest BCUT2D eigenvalue weighted by Gasteiger charge is -2.17. The lowest BCUT2D eigenvalue weighted by Crippen LogP contribution is -2.28. The Kier molecular flexibility index (Phi) is 4.10. The van der Waals surface area contributed by atoms with Crippen molar-refractivity contribution in [2.45, 2.75) is 19.4 Å². The monoisotopic (exact) mass is 291 g/mol. The molecule has 2 aromatic heterocycles. The Labute approximate surface area is 129 Å². The fraction of sp³-hybridized carbons (Fsp3) is 0.167. The van der Waals surface area contributed by atoms with Gasteiger partial charge in [-0.05, 0) is 48.4 Å². The van der Waals surface area contributed by atoms with Crippen molar-refractivity contribution in [1.29, 1.82) is 0 Å². The third-order valence-electron chi connectivity index (χ3n) is 3.69. The predicted octanol–water partition coefficient (Wildman–Crippen LogP) is 3.51. The maximum Gasteiger partial charge on any atom is 0.251 e. The molecular formula is C18H17N3O. The second-order valence-corrected chi connectivity index (χ2v) is 5.13. The van der Waals surface area contributed by atoms with E-state index in [1.54, 1.807) is 18.6 Å². The summed E-state index contributed by atoms with van der Waals surface area (Å²) in [4.78, 5) is 20.8. The SMILES string of the molecule is CC[C@H](NC(=O)c1ccc2ncccc2c1)c1ccncc1. The first kappa shape index (κ1) is 14.2. The van der Waals surface area contributed by atoms with Gasteiger partial charge in [-0.2, -0.15) is 0 Å². The van der Waals surface area contributed by atoms with Gasteiger partial charge < -0.3 is 5.32 Å². The van der Waals surface area contributed by atoms with E-state index in [1.807, 2.05) is 42.5 Å². The van der Waals surface area contributed by atoms with Crippen LogP contribution in [0.15, 0.2) is 61.1 Å². The molecule has 0 aliphatic carbocycles. The van der Waals surface area contributed by atoms with Gasteiger partial charge in [-0.25, -0.2) is 0 Å². The minimum absolute atomic E-state index is 0.0138. The van der Waals surface area contributed by atoms with Gasteiger partial charge in [0.1, 0.15) is 0 Å². The molecule has 4 nitrogen and oxygen atoms in total. The second kappa shape index (κ2) is 6.35. The zero-order valence-electron chi connectivity index (χ0n) is 12.4. The van der Waals surface area contributed by atoms with Crippen LogP contribution in [0.25, 0.3) is 10.9 Å². The summed E-state index contributed by atoms with van der Waals surface area (Å²) >= 11 is 0. The van der Waals surface area contributed by atoms with E-state index in [1.165, 1.54) is 0 Å². The molecule has 4 heteroatoms. The van der Waals surface area contributed by atoms with Gasteiger partial charge >= 0.3 is 0 Å². The van der Waals surface area contributed by atoms with Gasteiger partial charge in [0, 0.05) is 29.5 Å². The number of hydrogen-bond acceptors (Lipinski definition) is 3. The zero-order chi connectivity index (χ0) is 15.4. The highest BCUT2D eigenvalue weighted by Crippen LogP contribution is 2.18. The van der Waals surface area contributed by atoms with Gasteiger partial charge in [0.15, 0.2) is 0 Å². The molecule has 3 aromatic rings. The summed E-state index contributed by atoms with van der Waals surface area (Å²) in [6, 6.07) is 13.2. The van der Waals surface area contributed by atoms with Crippen LogP contribution in [-0.4, -0.2) is 15.9 Å². The molecule has 0 radical (unpaired) electrons. The van der Waals surface area contributed by atoms with E-state index in [9.17, 15) is 4.79 Å². The number of fused-ring (bicyclic) bond motifs is 1. The van der Waals surface area contributed by atoms with Crippen molar-refractivity contribution in [2.75, 3.05) is 0 Å². The van der Waals surface area contributed by atoms with E-state index < -0.39 is 0 Å². The highest BCUT2D eigenvalue weighted by Gasteiger charge is 2.14. The summed E-state index contributed by atoms with van der Waals surface area (Å²) in [6.45, 7) is 2.05. The van der Waals surface area contributed by atoms with E-state index >= 15 is 0 Å². The first-order chi connectivity index (χ1) is 10.8. The molecule has 0 unspecified atom stereocenters. The van der Waals surface area contributed by atoms with Crippen LogP contribution in [0.1, 0.15) is 35.3 Å². The van der Waals surface area contributed by atoms with Crippen molar-refractivity contribution in [3.63, 3.8) is 0 Å². The van der Waals surface area contributed by atoms with Gasteiger partial charge in [0.2, 0.25) is 0 Å². The van der Waals surface area contributed by atoms with Gasteiger partial charge in [0.05, 0.1) is 11.6 Å². The number of hydrogen-bond donors (Lipinski definition) is 1. The van der Waals surface area contributed by atoms with Crippen LogP contribution in [0.2, 0.25) is 0 Å². The molecule has 110 valence electrons. The topological polar surface area (TPSA) is 54.9 Å². The molecular weight excluding hydrogens is 274 g/mol. The van der Waals surface area contributed by atoms with Crippen LogP contribution in [0, 0.1) is 0 Å². The molecule has 0 spiro atoms. The number of carbonyl (C=O) groups excluding carboxylic acids is 1. The van der Waals surface area contributed by atoms with E-state index in [0.717, 1.165) is 22.9 Å². The summed E-state index contributed by atoms with van der Waals surface area (Å²) in [5, 5.41) is 4.04. The van der Waals surface area contributed by atoms with Crippen molar-refractivity contribution in [3.8, 4) is 0 Å². The van der Waals surface area contributed by atoms with Crippen LogP contribution >= 0.6 is 0 Å². The Hall–Kier alpha value is -2.75. The van der Waals surface area contributed by atoms with Crippen molar-refractivity contribution < 1.29 is 4.79 Å². The number of aromatic nitrogens is 2. The standard InChI is InChI=1S/C18H17N3O/c1-2-16(13-7-10-19-11-8-13)21-18(22)15-5-6-17-14(12-15)4-3-9-20-17/h3-12,16H,2H2,1H3,(H,21,22)/t16-/m0/s1. The van der Waals surface area contributed by atoms with Crippen LogP contribution in [0.5, 0.6) is 0 Å². The number of amides is 1. The largest absolute Gasteiger partial charge is 0.345 e. The molecule has 22 heavy (non-hydrogen) atoms. The summed E-state index contributed by atoms with van der Waals surface area (Å²) in [5.41, 5.74) is 2.60. The Balaban J connectivity index is 1.83. The molecule has 0 aliphatic rings. The van der Waals surface area contributed by atoms with Gasteiger partial charge in [-0.3, -0.25) is 14.8 Å². The summed E-state index contributed by atoms with van der Waals surface area (Å²) in [7, 11) is 0. The van der Waals surface area contributed by atoms with Crippen LogP contribution in [0.4, 0.5) is 0 Å². The molecule has 1 amide bonds. The fourth-order valence-corrected chi connectivity index (χ4v) is 2.48. The van der Waals surface area contributed by atoms with Crippen molar-refractivity contribution in [2.24, 2.45) is 0 Å². The molecule has 0 bridgehead atoms. The zero-order valence-corrected chi connectivity index (χ0v) is 12.4. The van der Waals surface area contributed by atoms with Gasteiger partial charge in [-0.15, -0.1) is 0 Å². The minimum Gasteiger partial charge on any atom is -0.345 e. The maximum absolute atomic E-state index is 12.5. The highest BCUT2D eigenvalue weighted by molar-refractivity contribution is 5.98. The molecule has 1 N–H and O–H groups in total.